The topological polar surface area (TPSA) is 64.7 Å². The van der Waals surface area contributed by atoms with Gasteiger partial charge >= 0.3 is 0 Å². The van der Waals surface area contributed by atoms with Crippen LogP contribution < -0.4 is 5.73 Å². The summed E-state index contributed by atoms with van der Waals surface area (Å²) in [6, 6.07) is 4.28. The first-order valence-corrected chi connectivity index (χ1v) is 4.38. The van der Waals surface area contributed by atoms with Crippen molar-refractivity contribution >= 4 is 11.9 Å². The summed E-state index contributed by atoms with van der Waals surface area (Å²) < 4.78 is 18.2. The summed E-state index contributed by atoms with van der Waals surface area (Å²) >= 11 is 0. The van der Waals surface area contributed by atoms with E-state index in [2.05, 4.69) is 4.99 Å². The molecule has 0 radical (unpaired) electrons. The Kier molecular flexibility index (Phi) is 2.15. The maximum Gasteiger partial charge on any atom is 0.296 e. The maximum absolute atomic E-state index is 13.2. The molecule has 0 saturated heterocycles. The van der Waals surface area contributed by atoms with Crippen LogP contribution in [0, 0.1) is 12.7 Å². The minimum Gasteiger partial charge on any atom is -0.447 e. The summed E-state index contributed by atoms with van der Waals surface area (Å²) in [5, 5.41) is 0. The van der Waals surface area contributed by atoms with Crippen LogP contribution in [0.5, 0.6) is 0 Å². The zero-order valence-corrected chi connectivity index (χ0v) is 8.03. The van der Waals surface area contributed by atoms with Crippen LogP contribution in [0.2, 0.25) is 0 Å². The van der Waals surface area contributed by atoms with Crippen LogP contribution in [0.4, 0.5) is 4.39 Å². The van der Waals surface area contributed by atoms with Gasteiger partial charge in [-0.15, -0.1) is 0 Å². The van der Waals surface area contributed by atoms with Gasteiger partial charge in [-0.2, -0.15) is 4.99 Å². The van der Waals surface area contributed by atoms with Gasteiger partial charge in [0, 0.05) is 5.56 Å². The number of benzene rings is 1. The van der Waals surface area contributed by atoms with Crippen molar-refractivity contribution in [2.24, 2.45) is 10.7 Å². The summed E-state index contributed by atoms with van der Waals surface area (Å²) in [5.74, 6) is -0.884. The van der Waals surface area contributed by atoms with E-state index in [0.29, 0.717) is 11.1 Å². The van der Waals surface area contributed by atoms with Crippen LogP contribution in [0.3, 0.4) is 0 Å². The second-order valence-electron chi connectivity index (χ2n) is 3.29. The third kappa shape index (κ3) is 1.68. The number of aliphatic imine (C=N–C) groups is 1. The highest BCUT2D eigenvalue weighted by molar-refractivity contribution is 5.98. The van der Waals surface area contributed by atoms with Crippen molar-refractivity contribution in [3.8, 4) is 0 Å². The lowest BCUT2D eigenvalue weighted by atomic mass is 10.1. The molecule has 1 amide bonds. The highest BCUT2D eigenvalue weighted by atomic mass is 19.1. The van der Waals surface area contributed by atoms with E-state index in [1.165, 1.54) is 6.07 Å². The number of hydrogen-bond donors (Lipinski definition) is 1. The molecule has 0 saturated carbocycles. The Labute approximate surface area is 85.6 Å². The van der Waals surface area contributed by atoms with Crippen LogP contribution in [0.1, 0.15) is 17.2 Å². The summed E-state index contributed by atoms with van der Waals surface area (Å²) in [4.78, 5) is 14.7. The van der Waals surface area contributed by atoms with Gasteiger partial charge < -0.3 is 10.5 Å². The van der Waals surface area contributed by atoms with E-state index < -0.39 is 12.0 Å². The highest BCUT2D eigenvalue weighted by Gasteiger charge is 2.29. The highest BCUT2D eigenvalue weighted by Crippen LogP contribution is 2.24. The van der Waals surface area contributed by atoms with Crippen LogP contribution in [-0.4, -0.2) is 11.9 Å². The average Bonchev–Trinajstić information content (AvgIpc) is 2.50. The molecule has 15 heavy (non-hydrogen) atoms. The molecular formula is C10H9FN2O2. The molecule has 1 unspecified atom stereocenters. The van der Waals surface area contributed by atoms with Crippen molar-refractivity contribution in [1.82, 2.24) is 0 Å². The molecule has 4 nitrogen and oxygen atoms in total. The monoisotopic (exact) mass is 208 g/mol. The fraction of sp³-hybridized carbons (Fsp3) is 0.200. The third-order valence-corrected chi connectivity index (χ3v) is 2.18. The van der Waals surface area contributed by atoms with Crippen molar-refractivity contribution in [2.45, 2.75) is 13.0 Å². The molecule has 2 N–H and O–H groups in total. The Morgan fingerprint density at radius 2 is 2.27 bits per heavy atom. The smallest absolute Gasteiger partial charge is 0.296 e. The lowest BCUT2D eigenvalue weighted by Gasteiger charge is -2.09. The van der Waals surface area contributed by atoms with Crippen LogP contribution >= 0.6 is 0 Å². The van der Waals surface area contributed by atoms with Crippen molar-refractivity contribution in [1.29, 1.82) is 0 Å². The van der Waals surface area contributed by atoms with Crippen LogP contribution in [-0.2, 0) is 9.53 Å². The van der Waals surface area contributed by atoms with Gasteiger partial charge in [-0.3, -0.25) is 4.79 Å². The Morgan fingerprint density at radius 1 is 1.53 bits per heavy atom. The number of rotatable bonds is 1. The number of nitrogens with zero attached hydrogens (tertiary/aromatic N) is 1. The SMILES string of the molecule is Cc1ccc(C2OC(N)=NC2=O)cc1F. The fourth-order valence-electron chi connectivity index (χ4n) is 1.35. The van der Waals surface area contributed by atoms with Crippen LogP contribution in [0.15, 0.2) is 23.2 Å². The number of halogens is 1. The van der Waals surface area contributed by atoms with E-state index in [-0.39, 0.29) is 11.8 Å². The molecule has 1 heterocycles. The standard InChI is InChI=1S/C10H9FN2O2/c1-5-2-3-6(4-7(5)11)8-9(14)13-10(12)15-8/h2-4,8H,1H3,(H2,12,13,14). The molecule has 0 bridgehead atoms. The fourth-order valence-corrected chi connectivity index (χ4v) is 1.35. The van der Waals surface area contributed by atoms with Crippen molar-refractivity contribution in [3.05, 3.63) is 35.1 Å². The molecular weight excluding hydrogens is 199 g/mol. The van der Waals surface area contributed by atoms with Gasteiger partial charge in [0.25, 0.3) is 11.9 Å². The lowest BCUT2D eigenvalue weighted by molar-refractivity contribution is -0.122. The van der Waals surface area contributed by atoms with Crippen LogP contribution in [0.25, 0.3) is 0 Å². The Bertz CT molecular complexity index is 457. The normalized spacial score (nSPS) is 20.0. The number of carbonyl (C=O) groups is 1. The molecule has 1 aliphatic rings. The Morgan fingerprint density at radius 3 is 2.80 bits per heavy atom. The molecule has 0 spiro atoms. The molecule has 1 atom stereocenters. The van der Waals surface area contributed by atoms with E-state index in [0.717, 1.165) is 0 Å². The number of carbonyl (C=O) groups excluding carboxylic acids is 1. The second-order valence-corrected chi connectivity index (χ2v) is 3.29. The van der Waals surface area contributed by atoms with E-state index in [9.17, 15) is 9.18 Å². The molecule has 0 aliphatic carbocycles. The second kappa shape index (κ2) is 3.34. The molecule has 0 aromatic heterocycles. The van der Waals surface area contributed by atoms with Crippen molar-refractivity contribution in [3.63, 3.8) is 0 Å². The molecule has 1 aromatic carbocycles. The maximum atomic E-state index is 13.2. The van der Waals surface area contributed by atoms with Crippen molar-refractivity contribution in [2.75, 3.05) is 0 Å². The quantitative estimate of drug-likeness (QED) is 0.750. The number of amides is 1. The summed E-state index contributed by atoms with van der Waals surface area (Å²) in [6.07, 6.45) is -0.903. The van der Waals surface area contributed by atoms with Crippen molar-refractivity contribution < 1.29 is 13.9 Å². The largest absolute Gasteiger partial charge is 0.447 e. The van der Waals surface area contributed by atoms with E-state index in [1.807, 2.05) is 0 Å². The molecule has 5 heteroatoms. The van der Waals surface area contributed by atoms with E-state index >= 15 is 0 Å². The predicted molar refractivity (Wildman–Crippen MR) is 51.6 cm³/mol. The zero-order chi connectivity index (χ0) is 11.0. The summed E-state index contributed by atoms with van der Waals surface area (Å²) in [5.41, 5.74) is 6.17. The number of hydrogen-bond acceptors (Lipinski definition) is 3. The lowest BCUT2D eigenvalue weighted by Crippen LogP contribution is -2.14. The van der Waals surface area contributed by atoms with E-state index in [1.54, 1.807) is 19.1 Å². The van der Waals surface area contributed by atoms with Gasteiger partial charge in [-0.25, -0.2) is 4.39 Å². The van der Waals surface area contributed by atoms with Gasteiger partial charge in [0.2, 0.25) is 6.10 Å². The first-order valence-electron chi connectivity index (χ1n) is 4.38. The summed E-state index contributed by atoms with van der Waals surface area (Å²) in [7, 11) is 0. The number of nitrogens with two attached hydrogens (primary N) is 1. The number of aryl methyl sites for hydroxylation is 1. The first-order chi connectivity index (χ1) is 7.08. The van der Waals surface area contributed by atoms with E-state index in [4.69, 9.17) is 10.5 Å². The van der Waals surface area contributed by atoms with Gasteiger partial charge in [0.1, 0.15) is 5.82 Å². The molecule has 1 aromatic rings. The van der Waals surface area contributed by atoms with Gasteiger partial charge in [-0.05, 0) is 18.6 Å². The predicted octanol–water partition coefficient (Wildman–Crippen LogP) is 1.05. The minimum atomic E-state index is -0.903. The number of ether oxygens (including phenoxy) is 1. The Balaban J connectivity index is 2.32. The van der Waals surface area contributed by atoms with Gasteiger partial charge in [0.15, 0.2) is 0 Å². The first kappa shape index (κ1) is 9.64. The minimum absolute atomic E-state index is 0.175. The summed E-state index contributed by atoms with van der Waals surface area (Å²) in [6.45, 7) is 1.64. The molecule has 2 rings (SSSR count). The number of amidine groups is 1. The van der Waals surface area contributed by atoms with Gasteiger partial charge in [0.05, 0.1) is 0 Å². The average molecular weight is 208 g/mol. The van der Waals surface area contributed by atoms with Gasteiger partial charge in [-0.1, -0.05) is 12.1 Å². The molecule has 1 aliphatic heterocycles. The zero-order valence-electron chi connectivity index (χ0n) is 8.03. The molecule has 0 fully saturated rings. The molecule has 78 valence electrons. The third-order valence-electron chi connectivity index (χ3n) is 2.18. The Hall–Kier alpha value is -1.91.